The van der Waals surface area contributed by atoms with Crippen LogP contribution in [0.25, 0.3) is 0 Å². The largest absolute Gasteiger partial charge is 0.466 e. The Balaban J connectivity index is 1.76. The van der Waals surface area contributed by atoms with Gasteiger partial charge >= 0.3 is 5.97 Å². The van der Waals surface area contributed by atoms with Crippen molar-refractivity contribution in [3.05, 3.63) is 53.2 Å². The molecule has 0 radical (unpaired) electrons. The number of rotatable bonds is 6. The molecule has 132 valence electrons. The molecule has 0 saturated carbocycles. The lowest BCUT2D eigenvalue weighted by molar-refractivity contribution is -0.144. The Hall–Kier alpha value is -3.20. The van der Waals surface area contributed by atoms with E-state index in [2.05, 4.69) is 4.98 Å². The van der Waals surface area contributed by atoms with Crippen LogP contribution in [0.15, 0.2) is 36.5 Å². The maximum atomic E-state index is 12.4. The molecule has 1 atom stereocenters. The van der Waals surface area contributed by atoms with Crippen molar-refractivity contribution in [3.8, 4) is 17.7 Å². The summed E-state index contributed by atoms with van der Waals surface area (Å²) in [5, 5.41) is 9.45. The van der Waals surface area contributed by atoms with E-state index in [1.807, 2.05) is 24.3 Å². The quantitative estimate of drug-likeness (QED) is 0.634. The van der Waals surface area contributed by atoms with E-state index in [1.54, 1.807) is 25.3 Å². The Morgan fingerprint density at radius 1 is 1.31 bits per heavy atom. The van der Waals surface area contributed by atoms with Crippen molar-refractivity contribution in [1.29, 1.82) is 5.26 Å². The predicted octanol–water partition coefficient (Wildman–Crippen LogP) is 3.30. The number of carbonyl (C=O) groups is 2. The molecule has 2 aromatic rings. The standard InChI is InChI=1S/C20H18N2O4/c1-2-25-19(24)8-6-17(23)16(12-21)13-5-7-18-15(10-13)11-14-4-3-9-22-20(14)26-18/h3-5,7,9-10,16H,2,6,8,11H2,1H3. The van der Waals surface area contributed by atoms with Gasteiger partial charge in [0.15, 0.2) is 5.78 Å². The van der Waals surface area contributed by atoms with E-state index in [0.29, 0.717) is 23.6 Å². The summed E-state index contributed by atoms with van der Waals surface area (Å²) in [7, 11) is 0. The molecule has 0 N–H and O–H groups in total. The van der Waals surface area contributed by atoms with E-state index in [0.717, 1.165) is 11.1 Å². The third kappa shape index (κ3) is 3.72. The Bertz CT molecular complexity index is 886. The Labute approximate surface area is 151 Å². The summed E-state index contributed by atoms with van der Waals surface area (Å²) in [5.41, 5.74) is 2.47. The van der Waals surface area contributed by atoms with Crippen LogP contribution in [0.1, 0.15) is 42.4 Å². The van der Waals surface area contributed by atoms with Crippen molar-refractivity contribution in [2.24, 2.45) is 0 Å². The summed E-state index contributed by atoms with van der Waals surface area (Å²) in [6.07, 6.45) is 2.27. The minimum absolute atomic E-state index is 0.0159. The van der Waals surface area contributed by atoms with Crippen molar-refractivity contribution < 1.29 is 19.1 Å². The summed E-state index contributed by atoms with van der Waals surface area (Å²) in [6.45, 7) is 1.98. The fourth-order valence-corrected chi connectivity index (χ4v) is 2.91. The van der Waals surface area contributed by atoms with Crippen LogP contribution in [-0.2, 0) is 20.7 Å². The number of ether oxygens (including phenoxy) is 2. The first-order valence-corrected chi connectivity index (χ1v) is 8.45. The zero-order valence-corrected chi connectivity index (χ0v) is 14.4. The monoisotopic (exact) mass is 350 g/mol. The van der Waals surface area contributed by atoms with Gasteiger partial charge in [-0.3, -0.25) is 9.59 Å². The molecule has 3 rings (SSSR count). The molecule has 1 aliphatic heterocycles. The van der Waals surface area contributed by atoms with E-state index < -0.39 is 11.9 Å². The first-order valence-electron chi connectivity index (χ1n) is 8.45. The lowest BCUT2D eigenvalue weighted by Gasteiger charge is -2.20. The summed E-state index contributed by atoms with van der Waals surface area (Å²) in [6, 6.07) is 11.1. The van der Waals surface area contributed by atoms with Gasteiger partial charge in [-0.1, -0.05) is 12.1 Å². The topological polar surface area (TPSA) is 89.3 Å². The number of hydrogen-bond acceptors (Lipinski definition) is 6. The molecule has 0 spiro atoms. The number of nitriles is 1. The summed E-state index contributed by atoms with van der Waals surface area (Å²) in [5.74, 6) is -0.379. The minimum Gasteiger partial charge on any atom is -0.466 e. The number of ketones is 1. The van der Waals surface area contributed by atoms with Gasteiger partial charge in [0.05, 0.1) is 19.1 Å². The van der Waals surface area contributed by atoms with Crippen LogP contribution in [-0.4, -0.2) is 23.3 Å². The minimum atomic E-state index is -0.912. The molecule has 1 aromatic carbocycles. The van der Waals surface area contributed by atoms with Crippen molar-refractivity contribution in [2.45, 2.75) is 32.1 Å². The van der Waals surface area contributed by atoms with E-state index in [9.17, 15) is 14.9 Å². The molecule has 6 nitrogen and oxygen atoms in total. The van der Waals surface area contributed by atoms with Gasteiger partial charge in [0.1, 0.15) is 11.7 Å². The lowest BCUT2D eigenvalue weighted by atomic mass is 9.90. The second kappa shape index (κ2) is 7.79. The van der Waals surface area contributed by atoms with Gasteiger partial charge in [-0.05, 0) is 36.2 Å². The smallest absolute Gasteiger partial charge is 0.306 e. The third-order valence-electron chi connectivity index (χ3n) is 4.19. The van der Waals surface area contributed by atoms with Crippen LogP contribution < -0.4 is 4.74 Å². The molecule has 2 heterocycles. The maximum Gasteiger partial charge on any atom is 0.306 e. The summed E-state index contributed by atoms with van der Waals surface area (Å²) < 4.78 is 10.6. The van der Waals surface area contributed by atoms with Crippen molar-refractivity contribution >= 4 is 11.8 Å². The highest BCUT2D eigenvalue weighted by molar-refractivity contribution is 5.90. The number of fused-ring (bicyclic) bond motifs is 2. The van der Waals surface area contributed by atoms with Gasteiger partial charge in [-0.15, -0.1) is 0 Å². The molecule has 1 unspecified atom stereocenters. The number of aromatic nitrogens is 1. The molecule has 0 saturated heterocycles. The van der Waals surface area contributed by atoms with Crippen LogP contribution in [0.4, 0.5) is 0 Å². The van der Waals surface area contributed by atoms with Gasteiger partial charge in [-0.25, -0.2) is 4.98 Å². The zero-order valence-electron chi connectivity index (χ0n) is 14.4. The molecule has 1 aliphatic rings. The van der Waals surface area contributed by atoms with Crippen molar-refractivity contribution in [2.75, 3.05) is 6.61 Å². The Morgan fingerprint density at radius 2 is 2.15 bits per heavy atom. The summed E-state index contributed by atoms with van der Waals surface area (Å²) in [4.78, 5) is 28.0. The number of nitrogens with zero attached hydrogens (tertiary/aromatic N) is 2. The Morgan fingerprint density at radius 3 is 2.92 bits per heavy atom. The van der Waals surface area contributed by atoms with E-state index in [-0.39, 0.29) is 25.2 Å². The number of hydrogen-bond donors (Lipinski definition) is 0. The number of esters is 1. The van der Waals surface area contributed by atoms with Crippen LogP contribution in [0.2, 0.25) is 0 Å². The fourth-order valence-electron chi connectivity index (χ4n) is 2.91. The second-order valence-corrected chi connectivity index (χ2v) is 5.95. The number of Topliss-reactive ketones (excluding diaryl/α,β-unsaturated/α-hetero) is 1. The zero-order chi connectivity index (χ0) is 18.5. The normalized spacial score (nSPS) is 12.8. The van der Waals surface area contributed by atoms with Gasteiger partial charge in [-0.2, -0.15) is 5.26 Å². The molecule has 26 heavy (non-hydrogen) atoms. The molecular formula is C20H18N2O4. The highest BCUT2D eigenvalue weighted by Gasteiger charge is 2.24. The molecule has 6 heteroatoms. The number of benzene rings is 1. The Kier molecular flexibility index (Phi) is 5.28. The molecule has 0 amide bonds. The number of pyridine rings is 1. The maximum absolute atomic E-state index is 12.4. The SMILES string of the molecule is CCOC(=O)CCC(=O)C(C#N)c1ccc2c(c1)Cc1cccnc1O2. The third-order valence-corrected chi connectivity index (χ3v) is 4.19. The van der Waals surface area contributed by atoms with E-state index in [4.69, 9.17) is 9.47 Å². The van der Waals surface area contributed by atoms with Crippen molar-refractivity contribution in [3.63, 3.8) is 0 Å². The van der Waals surface area contributed by atoms with E-state index in [1.165, 1.54) is 0 Å². The van der Waals surface area contributed by atoms with E-state index >= 15 is 0 Å². The van der Waals surface area contributed by atoms with Gasteiger partial charge in [0, 0.05) is 24.6 Å². The van der Waals surface area contributed by atoms with Crippen LogP contribution >= 0.6 is 0 Å². The highest BCUT2D eigenvalue weighted by atomic mass is 16.5. The second-order valence-electron chi connectivity index (χ2n) is 5.95. The van der Waals surface area contributed by atoms with Gasteiger partial charge in [0.2, 0.25) is 5.88 Å². The first-order chi connectivity index (χ1) is 12.6. The lowest BCUT2D eigenvalue weighted by Crippen LogP contribution is -2.14. The summed E-state index contributed by atoms with van der Waals surface area (Å²) >= 11 is 0. The predicted molar refractivity (Wildman–Crippen MR) is 92.8 cm³/mol. The van der Waals surface area contributed by atoms with Gasteiger partial charge in [0.25, 0.3) is 0 Å². The van der Waals surface area contributed by atoms with Crippen LogP contribution in [0.3, 0.4) is 0 Å². The molecule has 0 aliphatic carbocycles. The number of carbonyl (C=O) groups excluding carboxylic acids is 2. The fraction of sp³-hybridized carbons (Fsp3) is 0.300. The average Bonchev–Trinajstić information content (AvgIpc) is 2.65. The van der Waals surface area contributed by atoms with Crippen LogP contribution in [0, 0.1) is 11.3 Å². The first kappa shape index (κ1) is 17.6. The van der Waals surface area contributed by atoms with Gasteiger partial charge < -0.3 is 9.47 Å². The van der Waals surface area contributed by atoms with Crippen molar-refractivity contribution in [1.82, 2.24) is 4.98 Å². The van der Waals surface area contributed by atoms with Crippen LogP contribution in [0.5, 0.6) is 11.6 Å². The molecule has 0 bridgehead atoms. The average molecular weight is 350 g/mol. The molecular weight excluding hydrogens is 332 g/mol. The molecule has 0 fully saturated rings. The highest BCUT2D eigenvalue weighted by Crippen LogP contribution is 2.36. The molecule has 1 aromatic heterocycles.